The summed E-state index contributed by atoms with van der Waals surface area (Å²) >= 11 is 0. The van der Waals surface area contributed by atoms with Gasteiger partial charge in [-0.1, -0.05) is 39.0 Å². The number of hydrogen-bond acceptors (Lipinski definition) is 2. The molecule has 0 spiro atoms. The minimum absolute atomic E-state index is 0.246. The first-order valence-corrected chi connectivity index (χ1v) is 7.77. The van der Waals surface area contributed by atoms with Gasteiger partial charge in [0.25, 0.3) is 0 Å². The lowest BCUT2D eigenvalue weighted by Crippen LogP contribution is -2.58. The number of nitrogens with two attached hydrogens (primary N) is 1. The molecule has 1 unspecified atom stereocenters. The van der Waals surface area contributed by atoms with Crippen molar-refractivity contribution < 1.29 is 4.79 Å². The van der Waals surface area contributed by atoms with Gasteiger partial charge in [-0.25, -0.2) is 0 Å². The number of carbonyl (C=O) groups is 1. The summed E-state index contributed by atoms with van der Waals surface area (Å²) in [6.45, 7) is 3.12. The first-order chi connectivity index (χ1) is 8.67. The van der Waals surface area contributed by atoms with Crippen molar-refractivity contribution >= 4 is 5.91 Å². The van der Waals surface area contributed by atoms with Gasteiger partial charge in [-0.2, -0.15) is 0 Å². The molecule has 18 heavy (non-hydrogen) atoms. The molecule has 0 bridgehead atoms. The Labute approximate surface area is 111 Å². The third-order valence-corrected chi connectivity index (χ3v) is 4.78. The highest BCUT2D eigenvalue weighted by molar-refractivity contribution is 5.86. The Kier molecular flexibility index (Phi) is 4.66. The molecule has 1 atom stereocenters. The lowest BCUT2D eigenvalue weighted by atomic mass is 9.81. The highest BCUT2D eigenvalue weighted by Gasteiger charge is 2.40. The number of carbonyl (C=O) groups excluding carboxylic acids is 1. The highest BCUT2D eigenvalue weighted by Crippen LogP contribution is 2.30. The van der Waals surface area contributed by atoms with Crippen LogP contribution in [0.3, 0.4) is 0 Å². The molecule has 0 aromatic heterocycles. The van der Waals surface area contributed by atoms with Crippen LogP contribution in [0.2, 0.25) is 0 Å². The van der Waals surface area contributed by atoms with Crippen LogP contribution in [0, 0.1) is 0 Å². The molecule has 3 nitrogen and oxygen atoms in total. The molecule has 1 aliphatic carbocycles. The number of rotatable bonds is 2. The molecule has 0 aromatic carbocycles. The maximum absolute atomic E-state index is 12.8. The molecule has 2 N–H and O–H groups in total. The van der Waals surface area contributed by atoms with E-state index in [0.29, 0.717) is 6.04 Å². The normalized spacial score (nSPS) is 28.8. The van der Waals surface area contributed by atoms with Crippen LogP contribution in [-0.4, -0.2) is 28.9 Å². The summed E-state index contributed by atoms with van der Waals surface area (Å²) in [4.78, 5) is 14.9. The smallest absolute Gasteiger partial charge is 0.242 e. The van der Waals surface area contributed by atoms with Gasteiger partial charge < -0.3 is 10.6 Å². The van der Waals surface area contributed by atoms with Crippen molar-refractivity contribution in [1.82, 2.24) is 4.90 Å². The summed E-state index contributed by atoms with van der Waals surface area (Å²) in [5, 5.41) is 0. The zero-order chi connectivity index (χ0) is 13.0. The zero-order valence-electron chi connectivity index (χ0n) is 11.8. The Hall–Kier alpha value is -0.570. The van der Waals surface area contributed by atoms with E-state index < -0.39 is 5.54 Å². The van der Waals surface area contributed by atoms with E-state index in [1.165, 1.54) is 25.7 Å². The van der Waals surface area contributed by atoms with Crippen molar-refractivity contribution in [2.24, 2.45) is 5.73 Å². The lowest BCUT2D eigenvalue weighted by Gasteiger charge is -2.39. The standard InChI is InChI=1S/C15H28N2O/c1-2-13-9-5-3-8-12-17(13)14(18)15(16)10-6-4-7-11-15/h13H,2-12,16H2,1H3. The van der Waals surface area contributed by atoms with Crippen LogP contribution in [0.25, 0.3) is 0 Å². The summed E-state index contributed by atoms with van der Waals surface area (Å²) in [5.74, 6) is 0.246. The molecule has 3 heteroatoms. The predicted molar refractivity (Wildman–Crippen MR) is 74.3 cm³/mol. The van der Waals surface area contributed by atoms with E-state index >= 15 is 0 Å². The summed E-state index contributed by atoms with van der Waals surface area (Å²) in [6.07, 6.45) is 11.2. The molecule has 1 heterocycles. The molecular weight excluding hydrogens is 224 g/mol. The average molecular weight is 252 g/mol. The second-order valence-corrected chi connectivity index (χ2v) is 6.13. The van der Waals surface area contributed by atoms with Gasteiger partial charge in [0.05, 0.1) is 5.54 Å². The molecule has 2 fully saturated rings. The lowest BCUT2D eigenvalue weighted by molar-refractivity contribution is -0.140. The number of hydrogen-bond donors (Lipinski definition) is 1. The van der Waals surface area contributed by atoms with Crippen LogP contribution in [0.15, 0.2) is 0 Å². The van der Waals surface area contributed by atoms with Crippen LogP contribution in [-0.2, 0) is 4.79 Å². The van der Waals surface area contributed by atoms with E-state index in [4.69, 9.17) is 5.73 Å². The monoisotopic (exact) mass is 252 g/mol. The van der Waals surface area contributed by atoms with Crippen LogP contribution in [0.1, 0.15) is 71.1 Å². The maximum Gasteiger partial charge on any atom is 0.242 e. The fraction of sp³-hybridized carbons (Fsp3) is 0.933. The van der Waals surface area contributed by atoms with Gasteiger partial charge >= 0.3 is 0 Å². The summed E-state index contributed by atoms with van der Waals surface area (Å²) < 4.78 is 0. The average Bonchev–Trinajstić information content (AvgIpc) is 2.63. The summed E-state index contributed by atoms with van der Waals surface area (Å²) in [5.41, 5.74) is 5.86. The number of nitrogens with zero attached hydrogens (tertiary/aromatic N) is 1. The van der Waals surface area contributed by atoms with E-state index in [1.54, 1.807) is 0 Å². The Morgan fingerprint density at radius 3 is 2.50 bits per heavy atom. The van der Waals surface area contributed by atoms with Gasteiger partial charge in [-0.3, -0.25) is 4.79 Å². The van der Waals surface area contributed by atoms with Gasteiger partial charge in [0, 0.05) is 12.6 Å². The van der Waals surface area contributed by atoms with Crippen LogP contribution >= 0.6 is 0 Å². The van der Waals surface area contributed by atoms with Gasteiger partial charge in [0.2, 0.25) is 5.91 Å². The molecule has 1 saturated heterocycles. The van der Waals surface area contributed by atoms with Crippen LogP contribution < -0.4 is 5.73 Å². The molecule has 0 radical (unpaired) electrons. The number of likely N-dealkylation sites (tertiary alicyclic amines) is 1. The Morgan fingerprint density at radius 1 is 1.17 bits per heavy atom. The van der Waals surface area contributed by atoms with Gasteiger partial charge in [0.1, 0.15) is 0 Å². The van der Waals surface area contributed by atoms with Gasteiger partial charge in [0.15, 0.2) is 0 Å². The molecule has 1 saturated carbocycles. The number of amides is 1. The second kappa shape index (κ2) is 6.05. The molecular formula is C15H28N2O. The minimum atomic E-state index is -0.546. The molecule has 2 rings (SSSR count). The molecule has 0 aromatic rings. The third kappa shape index (κ3) is 2.87. The quantitative estimate of drug-likeness (QED) is 0.821. The largest absolute Gasteiger partial charge is 0.338 e. The fourth-order valence-corrected chi connectivity index (χ4v) is 3.55. The Balaban J connectivity index is 2.09. The van der Waals surface area contributed by atoms with Crippen molar-refractivity contribution in [3.8, 4) is 0 Å². The van der Waals surface area contributed by atoms with Crippen molar-refractivity contribution in [2.75, 3.05) is 6.54 Å². The van der Waals surface area contributed by atoms with E-state index in [1.807, 2.05) is 0 Å². The first-order valence-electron chi connectivity index (χ1n) is 7.77. The zero-order valence-corrected chi connectivity index (χ0v) is 11.8. The summed E-state index contributed by atoms with van der Waals surface area (Å²) in [7, 11) is 0. The molecule has 1 amide bonds. The maximum atomic E-state index is 12.8. The van der Waals surface area contributed by atoms with Crippen LogP contribution in [0.5, 0.6) is 0 Å². The topological polar surface area (TPSA) is 46.3 Å². The van der Waals surface area contributed by atoms with Crippen molar-refractivity contribution in [3.05, 3.63) is 0 Å². The van der Waals surface area contributed by atoms with E-state index in [2.05, 4.69) is 11.8 Å². The van der Waals surface area contributed by atoms with Crippen molar-refractivity contribution in [2.45, 2.75) is 82.7 Å². The molecule has 104 valence electrons. The van der Waals surface area contributed by atoms with E-state index in [0.717, 1.165) is 45.1 Å². The van der Waals surface area contributed by atoms with E-state index in [9.17, 15) is 4.79 Å². The Bertz CT molecular complexity index is 284. The van der Waals surface area contributed by atoms with Crippen LogP contribution in [0.4, 0.5) is 0 Å². The highest BCUT2D eigenvalue weighted by atomic mass is 16.2. The van der Waals surface area contributed by atoms with Crippen molar-refractivity contribution in [1.29, 1.82) is 0 Å². The van der Waals surface area contributed by atoms with E-state index in [-0.39, 0.29) is 5.91 Å². The SMILES string of the molecule is CCC1CCCCCN1C(=O)C1(N)CCCCC1. The predicted octanol–water partition coefficient (Wildman–Crippen LogP) is 2.83. The minimum Gasteiger partial charge on any atom is -0.338 e. The Morgan fingerprint density at radius 2 is 1.83 bits per heavy atom. The summed E-state index contributed by atoms with van der Waals surface area (Å²) in [6, 6.07) is 0.433. The van der Waals surface area contributed by atoms with Gasteiger partial charge in [-0.05, 0) is 32.1 Å². The van der Waals surface area contributed by atoms with Gasteiger partial charge in [-0.15, -0.1) is 0 Å². The first kappa shape index (κ1) is 13.9. The molecule has 1 aliphatic heterocycles. The third-order valence-electron chi connectivity index (χ3n) is 4.78. The fourth-order valence-electron chi connectivity index (χ4n) is 3.55. The molecule has 2 aliphatic rings. The van der Waals surface area contributed by atoms with Crippen molar-refractivity contribution in [3.63, 3.8) is 0 Å². The second-order valence-electron chi connectivity index (χ2n) is 6.13.